The van der Waals surface area contributed by atoms with Gasteiger partial charge in [0.05, 0.1) is 18.9 Å². The molecule has 22 heavy (non-hydrogen) atoms. The monoisotopic (exact) mass is 302 g/mol. The highest BCUT2D eigenvalue weighted by Gasteiger charge is 2.35. The van der Waals surface area contributed by atoms with Gasteiger partial charge >= 0.3 is 5.97 Å². The van der Waals surface area contributed by atoms with Crippen LogP contribution in [0, 0.1) is 0 Å². The third kappa shape index (κ3) is 2.16. The molecule has 2 aromatic rings. The van der Waals surface area contributed by atoms with E-state index in [1.807, 2.05) is 24.7 Å². The minimum atomic E-state index is -0.388. The molecule has 8 heteroatoms. The molecule has 8 nitrogen and oxygen atoms in total. The first-order chi connectivity index (χ1) is 10.7. The van der Waals surface area contributed by atoms with Crippen molar-refractivity contribution in [1.29, 1.82) is 0 Å². The molecule has 0 spiro atoms. The van der Waals surface area contributed by atoms with Crippen molar-refractivity contribution in [2.24, 2.45) is 0 Å². The third-order valence-corrected chi connectivity index (χ3v) is 3.73. The van der Waals surface area contributed by atoms with Crippen LogP contribution >= 0.6 is 0 Å². The molecule has 0 aromatic carbocycles. The van der Waals surface area contributed by atoms with Gasteiger partial charge in [0.2, 0.25) is 5.95 Å². The van der Waals surface area contributed by atoms with Crippen LogP contribution in [0.4, 0.5) is 5.95 Å². The van der Waals surface area contributed by atoms with Crippen LogP contribution in [0.5, 0.6) is 0 Å². The fourth-order valence-corrected chi connectivity index (χ4v) is 2.64. The lowest BCUT2D eigenvalue weighted by atomic mass is 9.97. The van der Waals surface area contributed by atoms with Crippen LogP contribution in [0.2, 0.25) is 0 Å². The van der Waals surface area contributed by atoms with Crippen molar-refractivity contribution in [1.82, 2.24) is 24.5 Å². The fourth-order valence-electron chi connectivity index (χ4n) is 2.64. The summed E-state index contributed by atoms with van der Waals surface area (Å²) >= 11 is 0. The van der Waals surface area contributed by atoms with Crippen molar-refractivity contribution >= 4 is 11.9 Å². The number of aryl methyl sites for hydroxylation is 1. The average Bonchev–Trinajstić information content (AvgIpc) is 3.20. The Hall–Kier alpha value is -2.64. The van der Waals surface area contributed by atoms with E-state index in [4.69, 9.17) is 4.74 Å². The zero-order chi connectivity index (χ0) is 15.7. The SMILES string of the molecule is CCC1=C(C(=O)OC)[C@@H](c2cnn(CC)c2)n2ncnc2N1. The Morgan fingerprint density at radius 2 is 2.23 bits per heavy atom. The number of hydrogen-bond acceptors (Lipinski definition) is 6. The van der Waals surface area contributed by atoms with Gasteiger partial charge in [0.15, 0.2) is 0 Å². The Kier molecular flexibility index (Phi) is 3.66. The molecule has 0 aliphatic carbocycles. The second-order valence-corrected chi connectivity index (χ2v) is 4.92. The Morgan fingerprint density at radius 3 is 2.86 bits per heavy atom. The van der Waals surface area contributed by atoms with E-state index in [1.54, 1.807) is 10.9 Å². The van der Waals surface area contributed by atoms with E-state index in [2.05, 4.69) is 20.5 Å². The molecule has 2 aromatic heterocycles. The Bertz CT molecular complexity index is 729. The van der Waals surface area contributed by atoms with Crippen LogP contribution in [-0.4, -0.2) is 37.6 Å². The molecule has 0 fully saturated rings. The number of esters is 1. The number of nitrogens with zero attached hydrogens (tertiary/aromatic N) is 5. The number of anilines is 1. The molecule has 1 aliphatic rings. The summed E-state index contributed by atoms with van der Waals surface area (Å²) in [6.07, 6.45) is 5.79. The van der Waals surface area contributed by atoms with Gasteiger partial charge in [-0.3, -0.25) is 4.68 Å². The van der Waals surface area contributed by atoms with E-state index in [1.165, 1.54) is 13.4 Å². The standard InChI is InChI=1S/C14H18N6O2/c1-4-10-11(13(21)22-3)12(9-6-16-19(5-2)7-9)20-14(18-10)15-8-17-20/h6-8,12H,4-5H2,1-3H3,(H,15,17,18)/t12-/m1/s1. The number of rotatable bonds is 4. The Balaban J connectivity index is 2.17. The topological polar surface area (TPSA) is 86.9 Å². The second-order valence-electron chi connectivity index (χ2n) is 4.92. The zero-order valence-corrected chi connectivity index (χ0v) is 12.8. The molecule has 3 heterocycles. The van der Waals surface area contributed by atoms with Crippen LogP contribution in [0.1, 0.15) is 31.9 Å². The Labute approximate surface area is 127 Å². The van der Waals surface area contributed by atoms with Crippen LogP contribution in [0.3, 0.4) is 0 Å². The van der Waals surface area contributed by atoms with Gasteiger partial charge in [-0.15, -0.1) is 0 Å². The summed E-state index contributed by atoms with van der Waals surface area (Å²) in [5.41, 5.74) is 2.21. The summed E-state index contributed by atoms with van der Waals surface area (Å²) in [6, 6.07) is -0.388. The highest BCUT2D eigenvalue weighted by molar-refractivity contribution is 5.92. The first-order valence-electron chi connectivity index (χ1n) is 7.19. The lowest BCUT2D eigenvalue weighted by Crippen LogP contribution is -2.29. The second kappa shape index (κ2) is 5.63. The average molecular weight is 302 g/mol. The molecule has 0 saturated carbocycles. The molecule has 0 amide bonds. The van der Waals surface area contributed by atoms with Gasteiger partial charge in [-0.05, 0) is 13.3 Å². The molecule has 1 aliphatic heterocycles. The van der Waals surface area contributed by atoms with Gasteiger partial charge in [0.25, 0.3) is 0 Å². The van der Waals surface area contributed by atoms with Crippen LogP contribution < -0.4 is 5.32 Å². The number of nitrogens with one attached hydrogen (secondary N) is 1. The van der Waals surface area contributed by atoms with Gasteiger partial charge in [-0.1, -0.05) is 6.92 Å². The quantitative estimate of drug-likeness (QED) is 0.858. The molecule has 1 N–H and O–H groups in total. The number of ether oxygens (including phenoxy) is 1. The number of carbonyl (C=O) groups excluding carboxylic acids is 1. The molecule has 1 atom stereocenters. The summed E-state index contributed by atoms with van der Waals surface area (Å²) in [4.78, 5) is 16.5. The molecule has 0 unspecified atom stereocenters. The summed E-state index contributed by atoms with van der Waals surface area (Å²) in [6.45, 7) is 4.74. The van der Waals surface area contributed by atoms with E-state index >= 15 is 0 Å². The summed E-state index contributed by atoms with van der Waals surface area (Å²) in [7, 11) is 1.38. The number of aromatic nitrogens is 5. The zero-order valence-electron chi connectivity index (χ0n) is 12.8. The van der Waals surface area contributed by atoms with Gasteiger partial charge in [-0.2, -0.15) is 15.2 Å². The summed E-state index contributed by atoms with van der Waals surface area (Å²) in [5.74, 6) is 0.235. The lowest BCUT2D eigenvalue weighted by molar-refractivity contribution is -0.136. The van der Waals surface area contributed by atoms with Crippen LogP contribution in [-0.2, 0) is 16.1 Å². The third-order valence-electron chi connectivity index (χ3n) is 3.73. The fraction of sp³-hybridized carbons (Fsp3) is 0.429. The lowest BCUT2D eigenvalue weighted by Gasteiger charge is -2.27. The number of allylic oxidation sites excluding steroid dienone is 1. The number of carbonyl (C=O) groups is 1. The highest BCUT2D eigenvalue weighted by Crippen LogP contribution is 2.35. The van der Waals surface area contributed by atoms with Crippen molar-refractivity contribution in [3.05, 3.63) is 35.6 Å². The maximum absolute atomic E-state index is 12.3. The van der Waals surface area contributed by atoms with Gasteiger partial charge in [-0.25, -0.2) is 9.48 Å². The van der Waals surface area contributed by atoms with E-state index in [0.717, 1.165) is 17.8 Å². The normalized spacial score (nSPS) is 17.1. The molecule has 116 valence electrons. The number of hydrogen-bond donors (Lipinski definition) is 1. The van der Waals surface area contributed by atoms with Gasteiger partial charge < -0.3 is 10.1 Å². The van der Waals surface area contributed by atoms with Crippen molar-refractivity contribution in [3.63, 3.8) is 0 Å². The Morgan fingerprint density at radius 1 is 1.41 bits per heavy atom. The molecule has 0 radical (unpaired) electrons. The largest absolute Gasteiger partial charge is 0.466 e. The van der Waals surface area contributed by atoms with Crippen LogP contribution in [0.25, 0.3) is 0 Å². The first kappa shape index (κ1) is 14.3. The highest BCUT2D eigenvalue weighted by atomic mass is 16.5. The van der Waals surface area contributed by atoms with E-state index in [0.29, 0.717) is 17.9 Å². The summed E-state index contributed by atoms with van der Waals surface area (Å²) in [5, 5.41) is 11.7. The van der Waals surface area contributed by atoms with Crippen molar-refractivity contribution in [2.75, 3.05) is 12.4 Å². The predicted octanol–water partition coefficient (Wildman–Crippen LogP) is 1.35. The first-order valence-corrected chi connectivity index (χ1v) is 7.19. The minimum absolute atomic E-state index is 0.375. The van der Waals surface area contributed by atoms with Crippen LogP contribution in [0.15, 0.2) is 30.0 Å². The van der Waals surface area contributed by atoms with E-state index < -0.39 is 0 Å². The van der Waals surface area contributed by atoms with E-state index in [9.17, 15) is 4.79 Å². The molecule has 3 rings (SSSR count). The number of methoxy groups -OCH3 is 1. The molecule has 0 bridgehead atoms. The predicted molar refractivity (Wildman–Crippen MR) is 79.0 cm³/mol. The maximum Gasteiger partial charge on any atom is 0.338 e. The van der Waals surface area contributed by atoms with Crippen molar-refractivity contribution in [3.8, 4) is 0 Å². The van der Waals surface area contributed by atoms with Crippen molar-refractivity contribution in [2.45, 2.75) is 32.9 Å². The number of fused-ring (bicyclic) bond motifs is 1. The summed E-state index contributed by atoms with van der Waals surface area (Å²) < 4.78 is 8.47. The van der Waals surface area contributed by atoms with E-state index in [-0.39, 0.29) is 12.0 Å². The smallest absolute Gasteiger partial charge is 0.338 e. The molecular formula is C14H18N6O2. The maximum atomic E-state index is 12.3. The molecule has 0 saturated heterocycles. The molecular weight excluding hydrogens is 284 g/mol. The van der Waals surface area contributed by atoms with Crippen molar-refractivity contribution < 1.29 is 9.53 Å². The van der Waals surface area contributed by atoms with Gasteiger partial charge in [0, 0.05) is 24.0 Å². The minimum Gasteiger partial charge on any atom is -0.466 e. The van der Waals surface area contributed by atoms with Gasteiger partial charge in [0.1, 0.15) is 12.4 Å².